The molecular formula is C18H36O2Ti. The van der Waals surface area contributed by atoms with Gasteiger partial charge in [-0.15, -0.1) is 0 Å². The molecule has 0 aliphatic heterocycles. The number of hydrogen-bond acceptors (Lipinski definition) is 2. The fourth-order valence-corrected chi connectivity index (χ4v) is 11.3. The Morgan fingerprint density at radius 2 is 1.05 bits per heavy atom. The minimum absolute atomic E-state index is 0.861. The van der Waals surface area contributed by atoms with Crippen molar-refractivity contribution in [3.8, 4) is 0 Å². The molecule has 0 bridgehead atoms. The molecule has 0 aromatic rings. The van der Waals surface area contributed by atoms with Crippen molar-refractivity contribution in [3.63, 3.8) is 0 Å². The average molecular weight is 332 g/mol. The summed E-state index contributed by atoms with van der Waals surface area (Å²) < 4.78 is 15.5. The van der Waals surface area contributed by atoms with Crippen LogP contribution in [0.4, 0.5) is 0 Å². The van der Waals surface area contributed by atoms with Gasteiger partial charge in [0.05, 0.1) is 0 Å². The first kappa shape index (κ1) is 18.0. The Labute approximate surface area is 136 Å². The first-order chi connectivity index (χ1) is 10.3. The Morgan fingerprint density at radius 1 is 0.667 bits per heavy atom. The third-order valence-corrected chi connectivity index (χ3v) is 11.8. The summed E-state index contributed by atoms with van der Waals surface area (Å²) in [5, 5.41) is 0. The molecule has 0 saturated heterocycles. The molecule has 2 aliphatic carbocycles. The topological polar surface area (TPSA) is 18.5 Å². The van der Waals surface area contributed by atoms with E-state index < -0.39 is 17.4 Å². The van der Waals surface area contributed by atoms with Gasteiger partial charge < -0.3 is 0 Å². The van der Waals surface area contributed by atoms with Crippen molar-refractivity contribution in [2.45, 2.75) is 87.5 Å². The van der Waals surface area contributed by atoms with Crippen molar-refractivity contribution < 1.29 is 24.0 Å². The summed E-state index contributed by atoms with van der Waals surface area (Å²) in [6.45, 7) is 6.06. The van der Waals surface area contributed by atoms with E-state index >= 15 is 0 Å². The van der Waals surface area contributed by atoms with Gasteiger partial charge in [0.1, 0.15) is 0 Å². The van der Waals surface area contributed by atoms with Gasteiger partial charge in [0.2, 0.25) is 0 Å². The van der Waals surface area contributed by atoms with Crippen molar-refractivity contribution in [1.82, 2.24) is 0 Å². The summed E-state index contributed by atoms with van der Waals surface area (Å²) in [7, 11) is 0. The zero-order valence-electron chi connectivity index (χ0n) is 14.4. The molecule has 0 radical (unpaired) electrons. The Kier molecular flexibility index (Phi) is 8.31. The van der Waals surface area contributed by atoms with Gasteiger partial charge in [-0.3, -0.25) is 0 Å². The molecule has 2 rings (SSSR count). The van der Waals surface area contributed by atoms with Crippen LogP contribution in [-0.4, -0.2) is 13.2 Å². The normalized spacial score (nSPS) is 22.6. The molecule has 0 aromatic heterocycles. The van der Waals surface area contributed by atoms with E-state index in [0.717, 1.165) is 25.0 Å². The summed E-state index contributed by atoms with van der Waals surface area (Å²) in [6, 6.07) is 0. The molecule has 2 nitrogen and oxygen atoms in total. The molecule has 0 atom stereocenters. The molecule has 0 N–H and O–H groups in total. The summed E-state index contributed by atoms with van der Waals surface area (Å²) in [5.74, 6) is 1.81. The first-order valence-corrected chi connectivity index (χ1v) is 13.0. The predicted octanol–water partition coefficient (Wildman–Crippen LogP) is 6.04. The number of rotatable bonds is 8. The first-order valence-electron chi connectivity index (χ1n) is 9.56. The quantitative estimate of drug-likeness (QED) is 0.504. The van der Waals surface area contributed by atoms with E-state index in [1.54, 1.807) is 0 Å². The van der Waals surface area contributed by atoms with Gasteiger partial charge in [-0.05, 0) is 0 Å². The van der Waals surface area contributed by atoms with Crippen LogP contribution in [0.5, 0.6) is 0 Å². The van der Waals surface area contributed by atoms with Crippen molar-refractivity contribution in [1.29, 1.82) is 0 Å². The third kappa shape index (κ3) is 5.97. The number of hydrogen-bond donors (Lipinski definition) is 0. The second-order valence-electron chi connectivity index (χ2n) is 7.19. The second kappa shape index (κ2) is 9.70. The van der Waals surface area contributed by atoms with Crippen LogP contribution in [0.3, 0.4) is 0 Å². The van der Waals surface area contributed by atoms with E-state index in [-0.39, 0.29) is 0 Å². The standard InChI is InChI=1S/2C7H13.2C2H5O.Ti/c2*1-7-5-3-2-4-6-7;2*1-2-3;/h2*7H,1-6H2;2*2H2,1H3;/q;;2*-1;+2. The molecule has 0 unspecified atom stereocenters. The Bertz CT molecular complexity index is 242. The van der Waals surface area contributed by atoms with Crippen molar-refractivity contribution >= 4 is 0 Å². The van der Waals surface area contributed by atoms with Crippen LogP contribution in [-0.2, 0) is 24.0 Å². The molecule has 0 spiro atoms. The van der Waals surface area contributed by atoms with Gasteiger partial charge in [-0.2, -0.15) is 0 Å². The van der Waals surface area contributed by atoms with Crippen molar-refractivity contribution in [2.24, 2.45) is 11.8 Å². The molecule has 3 heteroatoms. The Hall–Kier alpha value is 0.634. The summed E-state index contributed by atoms with van der Waals surface area (Å²) in [6.07, 6.45) is 14.3. The van der Waals surface area contributed by atoms with E-state index in [2.05, 4.69) is 13.8 Å². The molecule has 2 fully saturated rings. The van der Waals surface area contributed by atoms with E-state index in [4.69, 9.17) is 6.64 Å². The van der Waals surface area contributed by atoms with Crippen molar-refractivity contribution in [3.05, 3.63) is 0 Å². The van der Waals surface area contributed by atoms with Crippen LogP contribution < -0.4 is 0 Å². The zero-order valence-corrected chi connectivity index (χ0v) is 15.9. The third-order valence-electron chi connectivity index (χ3n) is 5.46. The predicted molar refractivity (Wildman–Crippen MR) is 86.0 cm³/mol. The van der Waals surface area contributed by atoms with Crippen LogP contribution in [0.1, 0.15) is 78.1 Å². The molecular weight excluding hydrogens is 296 g/mol. The van der Waals surface area contributed by atoms with E-state index in [1.807, 2.05) is 0 Å². The fourth-order valence-electron chi connectivity index (χ4n) is 4.55. The minimum atomic E-state index is -2.56. The molecule has 2 saturated carbocycles. The van der Waals surface area contributed by atoms with Crippen LogP contribution in [0.15, 0.2) is 0 Å². The van der Waals surface area contributed by atoms with Gasteiger partial charge in [0.15, 0.2) is 0 Å². The summed E-state index contributed by atoms with van der Waals surface area (Å²) in [4.78, 5) is 0. The summed E-state index contributed by atoms with van der Waals surface area (Å²) >= 11 is -2.56. The van der Waals surface area contributed by atoms with Gasteiger partial charge in [0, 0.05) is 0 Å². The molecule has 0 heterocycles. The van der Waals surface area contributed by atoms with E-state index in [0.29, 0.717) is 0 Å². The Morgan fingerprint density at radius 3 is 1.38 bits per heavy atom. The second-order valence-corrected chi connectivity index (χ2v) is 12.2. The van der Waals surface area contributed by atoms with Crippen molar-refractivity contribution in [2.75, 3.05) is 13.2 Å². The Balaban J connectivity index is 1.98. The van der Waals surface area contributed by atoms with Gasteiger partial charge in [0.25, 0.3) is 0 Å². The van der Waals surface area contributed by atoms with Crippen LogP contribution in [0.25, 0.3) is 0 Å². The van der Waals surface area contributed by atoms with Gasteiger partial charge in [-0.1, -0.05) is 0 Å². The SMILES string of the molecule is CC[O][Ti]([CH2]C1CCCCC1)([CH2]C1CCCCC1)[O]CC. The average Bonchev–Trinajstić information content (AvgIpc) is 2.50. The van der Waals surface area contributed by atoms with Crippen LogP contribution >= 0.6 is 0 Å². The monoisotopic (exact) mass is 332 g/mol. The maximum atomic E-state index is 6.44. The molecule has 124 valence electrons. The molecule has 2 aliphatic rings. The van der Waals surface area contributed by atoms with E-state index in [9.17, 15) is 0 Å². The fraction of sp³-hybridized carbons (Fsp3) is 1.00. The molecule has 0 amide bonds. The van der Waals surface area contributed by atoms with E-state index in [1.165, 1.54) is 73.7 Å². The molecule has 0 aromatic carbocycles. The van der Waals surface area contributed by atoms with Gasteiger partial charge >= 0.3 is 137 Å². The molecule has 21 heavy (non-hydrogen) atoms. The van der Waals surface area contributed by atoms with Crippen LogP contribution in [0, 0.1) is 11.8 Å². The maximum absolute atomic E-state index is 6.44. The summed E-state index contributed by atoms with van der Waals surface area (Å²) in [5.41, 5.74) is 0. The zero-order chi connectivity index (χ0) is 15.0. The van der Waals surface area contributed by atoms with Gasteiger partial charge in [-0.25, -0.2) is 0 Å². The van der Waals surface area contributed by atoms with Crippen LogP contribution in [0.2, 0.25) is 9.45 Å².